The van der Waals surface area contributed by atoms with Gasteiger partial charge in [0.1, 0.15) is 6.10 Å². The fourth-order valence-electron chi connectivity index (χ4n) is 1.42. The van der Waals surface area contributed by atoms with E-state index in [9.17, 15) is 13.2 Å². The van der Waals surface area contributed by atoms with Gasteiger partial charge in [0.2, 0.25) is 5.91 Å². The molecule has 2 N–H and O–H groups in total. The zero-order chi connectivity index (χ0) is 12.2. The fourth-order valence-corrected chi connectivity index (χ4v) is 2.10. The largest absolute Gasteiger partial charge is 0.367 e. The third-order valence-electron chi connectivity index (χ3n) is 2.41. The zero-order valence-corrected chi connectivity index (χ0v) is 9.78. The lowest BCUT2D eigenvalue weighted by molar-refractivity contribution is -0.134. The summed E-state index contributed by atoms with van der Waals surface area (Å²) in [5.41, 5.74) is 5.11. The molecule has 16 heavy (non-hydrogen) atoms. The zero-order valence-electron chi connectivity index (χ0n) is 8.96. The Morgan fingerprint density at radius 3 is 2.88 bits per heavy atom. The van der Waals surface area contributed by atoms with Crippen LogP contribution < -0.4 is 5.73 Å². The van der Waals surface area contributed by atoms with Gasteiger partial charge in [0.25, 0.3) is 0 Å². The number of amides is 1. The topological polar surface area (TPSA) is 89.7 Å². The number of rotatable bonds is 5. The smallest absolute Gasteiger partial charge is 0.247 e. The molecule has 0 aromatic carbocycles. The number of nitrogens with two attached hydrogens (primary N) is 1. The van der Waals surface area contributed by atoms with Crippen molar-refractivity contribution >= 4 is 15.7 Å². The van der Waals surface area contributed by atoms with Gasteiger partial charge in [-0.15, -0.1) is 0 Å². The summed E-state index contributed by atoms with van der Waals surface area (Å²) < 4.78 is 27.5. The van der Waals surface area contributed by atoms with Crippen LogP contribution in [-0.4, -0.2) is 57.3 Å². The Bertz CT molecular complexity index is 366. The minimum atomic E-state index is -3.19. The molecule has 0 aliphatic carbocycles. The van der Waals surface area contributed by atoms with Crippen molar-refractivity contribution in [3.05, 3.63) is 12.0 Å². The number of primary amides is 1. The molecule has 1 rings (SSSR count). The Hall–Kier alpha value is -0.920. The Morgan fingerprint density at radius 1 is 1.62 bits per heavy atom. The van der Waals surface area contributed by atoms with Crippen molar-refractivity contribution in [3.8, 4) is 0 Å². The van der Waals surface area contributed by atoms with Crippen LogP contribution in [0.25, 0.3) is 0 Å². The second kappa shape index (κ2) is 5.42. The van der Waals surface area contributed by atoms with Crippen molar-refractivity contribution in [2.75, 3.05) is 32.0 Å². The summed E-state index contributed by atoms with van der Waals surface area (Å²) >= 11 is 0. The molecule has 1 aliphatic heterocycles. The Kier molecular flexibility index (Phi) is 4.45. The maximum Gasteiger partial charge on any atom is 0.247 e. The highest BCUT2D eigenvalue weighted by molar-refractivity contribution is 7.94. The van der Waals surface area contributed by atoms with Gasteiger partial charge >= 0.3 is 0 Å². The quantitative estimate of drug-likeness (QED) is 0.655. The molecular weight excluding hydrogens is 232 g/mol. The molecule has 6 nitrogen and oxygen atoms in total. The Labute approximate surface area is 95.0 Å². The molecule has 1 unspecified atom stereocenters. The highest BCUT2D eigenvalue weighted by Crippen LogP contribution is 2.05. The van der Waals surface area contributed by atoms with Crippen LogP contribution in [0, 0.1) is 0 Å². The molecule has 1 heterocycles. The predicted molar refractivity (Wildman–Crippen MR) is 59.4 cm³/mol. The van der Waals surface area contributed by atoms with E-state index in [-0.39, 0.29) is 5.75 Å². The van der Waals surface area contributed by atoms with Crippen LogP contribution in [0.5, 0.6) is 0 Å². The van der Waals surface area contributed by atoms with Crippen LogP contribution in [0.3, 0.4) is 0 Å². The van der Waals surface area contributed by atoms with Crippen molar-refractivity contribution in [2.24, 2.45) is 5.73 Å². The summed E-state index contributed by atoms with van der Waals surface area (Å²) in [5.74, 6) is -0.515. The average molecular weight is 248 g/mol. The van der Waals surface area contributed by atoms with Crippen molar-refractivity contribution in [1.82, 2.24) is 4.90 Å². The summed E-state index contributed by atoms with van der Waals surface area (Å²) in [4.78, 5) is 12.7. The third kappa shape index (κ3) is 3.92. The second-order valence-electron chi connectivity index (χ2n) is 3.60. The highest BCUT2D eigenvalue weighted by atomic mass is 32.2. The molecule has 0 radical (unpaired) electrons. The number of ether oxygens (including phenoxy) is 1. The van der Waals surface area contributed by atoms with E-state index < -0.39 is 21.8 Å². The fraction of sp³-hybridized carbons (Fsp3) is 0.667. The predicted octanol–water partition coefficient (Wildman–Crippen LogP) is -1.27. The first-order chi connectivity index (χ1) is 7.44. The van der Waals surface area contributed by atoms with E-state index in [4.69, 9.17) is 10.5 Å². The van der Waals surface area contributed by atoms with Gasteiger partial charge in [-0.3, -0.25) is 9.69 Å². The molecule has 1 saturated heterocycles. The average Bonchev–Trinajstić information content (AvgIpc) is 2.27. The van der Waals surface area contributed by atoms with Gasteiger partial charge in [0, 0.05) is 25.0 Å². The standard InChI is InChI=1S/C9H16N2O4S/c1-2-16(13,14)6-4-11-3-5-15-8(7-11)9(10)12/h2,8H,1,3-7H2,(H2,10,12). The normalized spacial score (nSPS) is 22.9. The third-order valence-corrected chi connectivity index (χ3v) is 3.67. The Balaban J connectivity index is 2.44. The van der Waals surface area contributed by atoms with E-state index in [1.807, 2.05) is 4.90 Å². The van der Waals surface area contributed by atoms with Crippen LogP contribution in [-0.2, 0) is 19.4 Å². The lowest BCUT2D eigenvalue weighted by Crippen LogP contribution is -2.49. The van der Waals surface area contributed by atoms with E-state index in [1.54, 1.807) is 0 Å². The second-order valence-corrected chi connectivity index (χ2v) is 5.66. The van der Waals surface area contributed by atoms with Crippen molar-refractivity contribution in [2.45, 2.75) is 6.10 Å². The van der Waals surface area contributed by atoms with E-state index in [0.717, 1.165) is 5.41 Å². The summed E-state index contributed by atoms with van der Waals surface area (Å²) in [7, 11) is -3.19. The molecule has 1 fully saturated rings. The lowest BCUT2D eigenvalue weighted by Gasteiger charge is -2.30. The molecule has 0 bridgehead atoms. The first-order valence-corrected chi connectivity index (χ1v) is 6.64. The lowest BCUT2D eigenvalue weighted by atomic mass is 10.2. The highest BCUT2D eigenvalue weighted by Gasteiger charge is 2.25. The van der Waals surface area contributed by atoms with Crippen molar-refractivity contribution in [3.63, 3.8) is 0 Å². The summed E-state index contributed by atoms with van der Waals surface area (Å²) in [6.45, 7) is 4.94. The van der Waals surface area contributed by atoms with Gasteiger partial charge in [-0.25, -0.2) is 8.42 Å². The molecule has 1 aliphatic rings. The van der Waals surface area contributed by atoms with Gasteiger partial charge < -0.3 is 10.5 Å². The van der Waals surface area contributed by atoms with Crippen LogP contribution in [0.2, 0.25) is 0 Å². The molecule has 0 aromatic heterocycles. The first-order valence-electron chi connectivity index (χ1n) is 4.93. The van der Waals surface area contributed by atoms with E-state index >= 15 is 0 Å². The number of morpholine rings is 1. The maximum atomic E-state index is 11.2. The number of hydrogen-bond acceptors (Lipinski definition) is 5. The molecule has 92 valence electrons. The van der Waals surface area contributed by atoms with Crippen LogP contribution in [0.15, 0.2) is 12.0 Å². The number of hydrogen-bond donors (Lipinski definition) is 1. The minimum Gasteiger partial charge on any atom is -0.367 e. The van der Waals surface area contributed by atoms with Gasteiger partial charge in [0.15, 0.2) is 9.84 Å². The molecular formula is C9H16N2O4S. The van der Waals surface area contributed by atoms with Gasteiger partial charge in [0.05, 0.1) is 12.4 Å². The van der Waals surface area contributed by atoms with E-state index in [2.05, 4.69) is 6.58 Å². The summed E-state index contributed by atoms with van der Waals surface area (Å²) in [6, 6.07) is 0. The first kappa shape index (κ1) is 13.1. The Morgan fingerprint density at radius 2 is 2.31 bits per heavy atom. The van der Waals surface area contributed by atoms with Crippen LogP contribution in [0.1, 0.15) is 0 Å². The number of carbonyl (C=O) groups excluding carboxylic acids is 1. The maximum absolute atomic E-state index is 11.2. The van der Waals surface area contributed by atoms with Crippen LogP contribution in [0.4, 0.5) is 0 Å². The SMILES string of the molecule is C=CS(=O)(=O)CCN1CCOC(C(N)=O)C1. The molecule has 0 saturated carbocycles. The van der Waals surface area contributed by atoms with E-state index in [1.165, 1.54) is 0 Å². The van der Waals surface area contributed by atoms with Crippen LogP contribution >= 0.6 is 0 Å². The molecule has 1 atom stereocenters. The monoisotopic (exact) mass is 248 g/mol. The summed E-state index contributed by atoms with van der Waals surface area (Å²) in [5, 5.41) is 0.943. The number of nitrogens with zero attached hydrogens (tertiary/aromatic N) is 1. The summed E-state index contributed by atoms with van der Waals surface area (Å²) in [6.07, 6.45) is -0.639. The van der Waals surface area contributed by atoms with Crippen molar-refractivity contribution < 1.29 is 17.9 Å². The molecule has 0 aromatic rings. The van der Waals surface area contributed by atoms with Gasteiger partial charge in [-0.05, 0) is 0 Å². The van der Waals surface area contributed by atoms with Gasteiger partial charge in [-0.1, -0.05) is 6.58 Å². The molecule has 0 spiro atoms. The number of carbonyl (C=O) groups is 1. The molecule has 1 amide bonds. The minimum absolute atomic E-state index is 0.00197. The molecule has 7 heteroatoms. The van der Waals surface area contributed by atoms with Crippen molar-refractivity contribution in [1.29, 1.82) is 0 Å². The number of sulfone groups is 1. The van der Waals surface area contributed by atoms with Gasteiger partial charge in [-0.2, -0.15) is 0 Å². The van der Waals surface area contributed by atoms with E-state index in [0.29, 0.717) is 26.2 Å².